The minimum Gasteiger partial charge on any atom is -0.487 e. The molecule has 2 aromatic rings. The van der Waals surface area contributed by atoms with E-state index in [-0.39, 0.29) is 6.61 Å². The van der Waals surface area contributed by atoms with Crippen LogP contribution in [0, 0.1) is 5.82 Å². The van der Waals surface area contributed by atoms with Crippen molar-refractivity contribution in [2.24, 2.45) is 0 Å². The van der Waals surface area contributed by atoms with Crippen LogP contribution < -0.4 is 15.7 Å². The van der Waals surface area contributed by atoms with E-state index in [1.54, 1.807) is 6.07 Å². The summed E-state index contributed by atoms with van der Waals surface area (Å²) in [5, 5.41) is 4.67. The van der Waals surface area contributed by atoms with E-state index in [1.807, 2.05) is 0 Å². The number of H-pyrrole nitrogens is 2. The average molecular weight is 236 g/mol. The van der Waals surface area contributed by atoms with Crippen molar-refractivity contribution >= 4 is 0 Å². The number of hydrogen-bond acceptors (Lipinski definition) is 3. The van der Waals surface area contributed by atoms with Crippen molar-refractivity contribution in [3.05, 3.63) is 62.4 Å². The number of aromatic amines is 2. The van der Waals surface area contributed by atoms with Crippen LogP contribution in [0.1, 0.15) is 5.69 Å². The zero-order valence-corrected chi connectivity index (χ0v) is 8.70. The van der Waals surface area contributed by atoms with E-state index in [0.29, 0.717) is 11.4 Å². The van der Waals surface area contributed by atoms with Crippen molar-refractivity contribution in [2.75, 3.05) is 0 Å². The molecule has 88 valence electrons. The number of rotatable bonds is 3. The first-order chi connectivity index (χ1) is 8.15. The van der Waals surface area contributed by atoms with Crippen LogP contribution in [0.3, 0.4) is 0 Å². The van der Waals surface area contributed by atoms with E-state index in [0.717, 1.165) is 6.07 Å². The highest BCUT2D eigenvalue weighted by atomic mass is 19.1. The van der Waals surface area contributed by atoms with Gasteiger partial charge in [0.1, 0.15) is 18.2 Å². The number of hydrogen-bond donors (Lipinski definition) is 2. The predicted molar refractivity (Wildman–Crippen MR) is 58.4 cm³/mol. The van der Waals surface area contributed by atoms with Crippen LogP contribution in [0.5, 0.6) is 5.75 Å². The van der Waals surface area contributed by atoms with Crippen LogP contribution in [0.25, 0.3) is 0 Å². The van der Waals surface area contributed by atoms with Crippen molar-refractivity contribution in [1.29, 1.82) is 0 Å². The molecule has 0 fully saturated rings. The van der Waals surface area contributed by atoms with Gasteiger partial charge in [0.15, 0.2) is 0 Å². The zero-order chi connectivity index (χ0) is 12.3. The largest absolute Gasteiger partial charge is 0.487 e. The first kappa shape index (κ1) is 11.1. The first-order valence-corrected chi connectivity index (χ1v) is 4.84. The van der Waals surface area contributed by atoms with Gasteiger partial charge in [-0.1, -0.05) is 6.07 Å². The smallest absolute Gasteiger partial charge is 0.310 e. The monoisotopic (exact) mass is 236 g/mol. The molecule has 2 rings (SSSR count). The third kappa shape index (κ3) is 2.81. The quantitative estimate of drug-likeness (QED) is 0.773. The summed E-state index contributed by atoms with van der Waals surface area (Å²) in [6.45, 7) is 0.0372. The minimum absolute atomic E-state index is 0.0372. The summed E-state index contributed by atoms with van der Waals surface area (Å²) < 4.78 is 18.1. The minimum atomic E-state index is -0.723. The van der Waals surface area contributed by atoms with Crippen molar-refractivity contribution in [1.82, 2.24) is 10.2 Å². The van der Waals surface area contributed by atoms with Gasteiger partial charge in [0, 0.05) is 12.1 Å². The molecule has 1 heterocycles. The Morgan fingerprint density at radius 1 is 1.18 bits per heavy atom. The molecular formula is C11H9FN2O3. The van der Waals surface area contributed by atoms with E-state index in [1.165, 1.54) is 18.2 Å². The second-order valence-corrected chi connectivity index (χ2v) is 3.36. The Balaban J connectivity index is 2.10. The topological polar surface area (TPSA) is 75.0 Å². The van der Waals surface area contributed by atoms with Crippen LogP contribution in [0.4, 0.5) is 4.39 Å². The third-order valence-corrected chi connectivity index (χ3v) is 2.06. The number of halogens is 1. The lowest BCUT2D eigenvalue weighted by molar-refractivity contribution is 0.298. The molecule has 5 nitrogen and oxygen atoms in total. The highest BCUT2D eigenvalue weighted by Crippen LogP contribution is 2.12. The second-order valence-electron chi connectivity index (χ2n) is 3.36. The normalized spacial score (nSPS) is 10.2. The molecule has 0 bridgehead atoms. The van der Waals surface area contributed by atoms with Crippen LogP contribution in [0.15, 0.2) is 39.9 Å². The summed E-state index contributed by atoms with van der Waals surface area (Å²) >= 11 is 0. The lowest BCUT2D eigenvalue weighted by Crippen LogP contribution is -2.28. The van der Waals surface area contributed by atoms with E-state index in [4.69, 9.17) is 4.74 Å². The van der Waals surface area contributed by atoms with E-state index in [9.17, 15) is 14.0 Å². The van der Waals surface area contributed by atoms with Crippen LogP contribution in [-0.4, -0.2) is 10.2 Å². The molecule has 17 heavy (non-hydrogen) atoms. The van der Waals surface area contributed by atoms with E-state index in [2.05, 4.69) is 10.2 Å². The van der Waals surface area contributed by atoms with Crippen LogP contribution in [0.2, 0.25) is 0 Å². The summed E-state index contributed by atoms with van der Waals surface area (Å²) in [6, 6.07) is 6.77. The summed E-state index contributed by atoms with van der Waals surface area (Å²) in [5.74, 6) is -0.0606. The Kier molecular flexibility index (Phi) is 3.04. The third-order valence-electron chi connectivity index (χ3n) is 2.06. The summed E-state index contributed by atoms with van der Waals surface area (Å²) in [5.41, 5.74) is -0.972. The van der Waals surface area contributed by atoms with Gasteiger partial charge in [0.25, 0.3) is 0 Å². The molecule has 0 saturated carbocycles. The van der Waals surface area contributed by atoms with Gasteiger partial charge in [0.2, 0.25) is 5.43 Å². The first-order valence-electron chi connectivity index (χ1n) is 4.84. The van der Waals surface area contributed by atoms with Gasteiger partial charge < -0.3 is 4.74 Å². The van der Waals surface area contributed by atoms with Gasteiger partial charge >= 0.3 is 5.56 Å². The van der Waals surface area contributed by atoms with E-state index >= 15 is 0 Å². The fraction of sp³-hybridized carbons (Fsp3) is 0.0909. The van der Waals surface area contributed by atoms with Crippen LogP contribution in [-0.2, 0) is 6.61 Å². The lowest BCUT2D eigenvalue weighted by atomic mass is 10.3. The molecule has 1 aromatic heterocycles. The maximum absolute atomic E-state index is 12.8. The van der Waals surface area contributed by atoms with Gasteiger partial charge in [-0.25, -0.2) is 4.39 Å². The molecule has 0 unspecified atom stereocenters. The molecule has 6 heteroatoms. The maximum atomic E-state index is 12.8. The molecule has 0 aliphatic carbocycles. The highest BCUT2D eigenvalue weighted by Gasteiger charge is 2.00. The molecule has 0 amide bonds. The molecule has 0 spiro atoms. The number of ether oxygens (including phenoxy) is 1. The van der Waals surface area contributed by atoms with Gasteiger partial charge in [-0.15, -0.1) is 0 Å². The van der Waals surface area contributed by atoms with Gasteiger partial charge in [-0.3, -0.25) is 19.8 Å². The number of aromatic nitrogens is 2. The van der Waals surface area contributed by atoms with Gasteiger partial charge in [0.05, 0.1) is 5.69 Å². The van der Waals surface area contributed by atoms with Crippen molar-refractivity contribution in [2.45, 2.75) is 6.61 Å². The molecule has 0 radical (unpaired) electrons. The Labute approximate surface area is 94.9 Å². The van der Waals surface area contributed by atoms with Crippen molar-refractivity contribution in [3.63, 3.8) is 0 Å². The average Bonchev–Trinajstić information content (AvgIpc) is 2.31. The molecule has 2 N–H and O–H groups in total. The molecule has 0 saturated heterocycles. The fourth-order valence-electron chi connectivity index (χ4n) is 1.25. The van der Waals surface area contributed by atoms with Crippen LogP contribution >= 0.6 is 0 Å². The Hall–Kier alpha value is -2.37. The molecule has 0 aliphatic rings. The summed E-state index contributed by atoms with van der Waals surface area (Å²) in [6.07, 6.45) is 0. The SMILES string of the molecule is O=c1cc(COc2cccc(F)c2)[nH][nH]c1=O. The molecule has 0 aliphatic heterocycles. The summed E-state index contributed by atoms with van der Waals surface area (Å²) in [4.78, 5) is 21.8. The molecule has 1 aromatic carbocycles. The second kappa shape index (κ2) is 4.65. The van der Waals surface area contributed by atoms with Gasteiger partial charge in [-0.05, 0) is 12.1 Å². The van der Waals surface area contributed by atoms with E-state index < -0.39 is 16.8 Å². The number of benzene rings is 1. The Morgan fingerprint density at radius 2 is 2.00 bits per heavy atom. The molecular weight excluding hydrogens is 227 g/mol. The lowest BCUT2D eigenvalue weighted by Gasteiger charge is -2.05. The number of nitrogens with one attached hydrogen (secondary N) is 2. The standard InChI is InChI=1S/C11H9FN2O3/c12-7-2-1-3-9(4-7)17-6-8-5-10(15)11(16)14-13-8/h1-5H,6H2,(H,13,15)(H,14,16). The highest BCUT2D eigenvalue weighted by molar-refractivity contribution is 5.22. The maximum Gasteiger partial charge on any atom is 0.310 e. The zero-order valence-electron chi connectivity index (χ0n) is 8.70. The Morgan fingerprint density at radius 3 is 2.71 bits per heavy atom. The molecule has 0 atom stereocenters. The predicted octanol–water partition coefficient (Wildman–Crippen LogP) is 0.781. The fourth-order valence-corrected chi connectivity index (χ4v) is 1.25. The summed E-state index contributed by atoms with van der Waals surface area (Å²) in [7, 11) is 0. The van der Waals surface area contributed by atoms with Crippen molar-refractivity contribution in [3.8, 4) is 5.75 Å². The van der Waals surface area contributed by atoms with Crippen molar-refractivity contribution < 1.29 is 9.13 Å². The van der Waals surface area contributed by atoms with Gasteiger partial charge in [-0.2, -0.15) is 0 Å². The Bertz CT molecular complexity index is 633.